The van der Waals surface area contributed by atoms with Gasteiger partial charge >= 0.3 is 0 Å². The van der Waals surface area contributed by atoms with Gasteiger partial charge in [-0.15, -0.1) is 0 Å². The summed E-state index contributed by atoms with van der Waals surface area (Å²) in [6, 6.07) is 5.69. The first-order chi connectivity index (χ1) is 8.24. The van der Waals surface area contributed by atoms with Crippen LogP contribution in [0.25, 0.3) is 5.52 Å². The quantitative estimate of drug-likeness (QED) is 0.794. The molecule has 0 bridgehead atoms. The van der Waals surface area contributed by atoms with Crippen LogP contribution in [0.1, 0.15) is 23.2 Å². The van der Waals surface area contributed by atoms with E-state index in [0.29, 0.717) is 18.4 Å². The number of aromatic nitrogens is 2. The maximum absolute atomic E-state index is 12.0. The molecule has 88 valence electrons. The number of fused-ring (bicyclic) bond motifs is 1. The molecule has 2 aromatic heterocycles. The third-order valence-corrected chi connectivity index (χ3v) is 3.12. The lowest BCUT2D eigenvalue weighted by Crippen LogP contribution is -2.46. The van der Waals surface area contributed by atoms with Gasteiger partial charge < -0.3 is 10.4 Å². The molecule has 2 aromatic rings. The van der Waals surface area contributed by atoms with Crippen LogP contribution in [0, 0.1) is 0 Å². The molecule has 0 saturated heterocycles. The van der Waals surface area contributed by atoms with Gasteiger partial charge in [0.2, 0.25) is 0 Å². The Hall–Kier alpha value is -1.88. The minimum atomic E-state index is -0.260. The zero-order valence-corrected chi connectivity index (χ0v) is 9.21. The van der Waals surface area contributed by atoms with Gasteiger partial charge in [0, 0.05) is 12.2 Å². The largest absolute Gasteiger partial charge is 0.393 e. The number of aliphatic hydroxyl groups excluding tert-OH is 1. The van der Waals surface area contributed by atoms with E-state index in [0.717, 1.165) is 5.52 Å². The van der Waals surface area contributed by atoms with Crippen molar-refractivity contribution in [2.24, 2.45) is 0 Å². The van der Waals surface area contributed by atoms with Crippen LogP contribution in [-0.4, -0.2) is 32.8 Å². The van der Waals surface area contributed by atoms with E-state index in [1.165, 1.54) is 0 Å². The molecule has 3 rings (SSSR count). The fourth-order valence-corrected chi connectivity index (χ4v) is 2.08. The summed E-state index contributed by atoms with van der Waals surface area (Å²) in [5, 5.41) is 16.2. The SMILES string of the molecule is O=C(NC1CC(O)C1)c1cnn2ccccc12. The summed E-state index contributed by atoms with van der Waals surface area (Å²) in [5.41, 5.74) is 1.37. The molecule has 2 heterocycles. The number of amides is 1. The molecular weight excluding hydrogens is 218 g/mol. The third-order valence-electron chi connectivity index (χ3n) is 3.12. The number of nitrogens with one attached hydrogen (secondary N) is 1. The second-order valence-corrected chi connectivity index (χ2v) is 4.38. The van der Waals surface area contributed by atoms with E-state index >= 15 is 0 Å². The second-order valence-electron chi connectivity index (χ2n) is 4.38. The van der Waals surface area contributed by atoms with Crippen molar-refractivity contribution in [1.82, 2.24) is 14.9 Å². The van der Waals surface area contributed by atoms with E-state index in [2.05, 4.69) is 10.4 Å². The number of hydrogen-bond acceptors (Lipinski definition) is 3. The fourth-order valence-electron chi connectivity index (χ4n) is 2.08. The number of aliphatic hydroxyl groups is 1. The number of carbonyl (C=O) groups excluding carboxylic acids is 1. The van der Waals surface area contributed by atoms with Crippen LogP contribution in [0.15, 0.2) is 30.6 Å². The first-order valence-electron chi connectivity index (χ1n) is 5.65. The van der Waals surface area contributed by atoms with Crippen LogP contribution in [-0.2, 0) is 0 Å². The van der Waals surface area contributed by atoms with Gasteiger partial charge in [-0.3, -0.25) is 4.79 Å². The predicted molar refractivity (Wildman–Crippen MR) is 61.7 cm³/mol. The van der Waals surface area contributed by atoms with Gasteiger partial charge in [0.15, 0.2) is 0 Å². The minimum Gasteiger partial charge on any atom is -0.393 e. The van der Waals surface area contributed by atoms with Gasteiger partial charge in [-0.1, -0.05) is 6.07 Å². The normalized spacial score (nSPS) is 23.4. The van der Waals surface area contributed by atoms with E-state index in [1.54, 1.807) is 16.9 Å². The Labute approximate surface area is 98.1 Å². The second kappa shape index (κ2) is 3.85. The molecule has 1 aliphatic rings. The fraction of sp³-hybridized carbons (Fsp3) is 0.333. The lowest BCUT2D eigenvalue weighted by Gasteiger charge is -2.31. The molecule has 1 fully saturated rings. The average Bonchev–Trinajstić information content (AvgIpc) is 2.70. The smallest absolute Gasteiger partial charge is 0.255 e. The summed E-state index contributed by atoms with van der Waals surface area (Å²) in [4.78, 5) is 12.0. The number of carbonyl (C=O) groups is 1. The van der Waals surface area contributed by atoms with Crippen LogP contribution < -0.4 is 5.32 Å². The van der Waals surface area contributed by atoms with E-state index in [4.69, 9.17) is 5.11 Å². The van der Waals surface area contributed by atoms with Gasteiger partial charge in [0.25, 0.3) is 5.91 Å². The minimum absolute atomic E-state index is 0.0937. The zero-order valence-electron chi connectivity index (χ0n) is 9.21. The molecule has 0 atom stereocenters. The van der Waals surface area contributed by atoms with Crippen LogP contribution in [0.3, 0.4) is 0 Å². The molecule has 1 saturated carbocycles. The molecule has 0 aliphatic heterocycles. The molecule has 17 heavy (non-hydrogen) atoms. The van der Waals surface area contributed by atoms with Crippen molar-refractivity contribution < 1.29 is 9.90 Å². The van der Waals surface area contributed by atoms with Crippen molar-refractivity contribution >= 4 is 11.4 Å². The van der Waals surface area contributed by atoms with Gasteiger partial charge in [-0.25, -0.2) is 4.52 Å². The maximum atomic E-state index is 12.0. The van der Waals surface area contributed by atoms with Crippen molar-refractivity contribution in [3.63, 3.8) is 0 Å². The summed E-state index contributed by atoms with van der Waals surface area (Å²) in [6.07, 6.45) is 4.40. The summed E-state index contributed by atoms with van der Waals surface area (Å²) >= 11 is 0. The van der Waals surface area contributed by atoms with E-state index < -0.39 is 0 Å². The van der Waals surface area contributed by atoms with E-state index in [1.807, 2.05) is 18.2 Å². The Bertz CT molecular complexity index is 558. The van der Waals surface area contributed by atoms with Crippen molar-refractivity contribution in [2.45, 2.75) is 25.0 Å². The lowest BCUT2D eigenvalue weighted by molar-refractivity contribution is 0.0563. The van der Waals surface area contributed by atoms with Crippen molar-refractivity contribution in [3.8, 4) is 0 Å². The van der Waals surface area contributed by atoms with Gasteiger partial charge in [0.1, 0.15) is 0 Å². The Kier molecular flexibility index (Phi) is 2.33. The van der Waals surface area contributed by atoms with Gasteiger partial charge in [0.05, 0.1) is 23.4 Å². The molecule has 5 heteroatoms. The monoisotopic (exact) mass is 231 g/mol. The van der Waals surface area contributed by atoms with Gasteiger partial charge in [-0.05, 0) is 25.0 Å². The molecule has 0 unspecified atom stereocenters. The van der Waals surface area contributed by atoms with Crippen LogP contribution >= 0.6 is 0 Å². The van der Waals surface area contributed by atoms with Crippen LogP contribution in [0.5, 0.6) is 0 Å². The Morgan fingerprint density at radius 2 is 2.29 bits per heavy atom. The standard InChI is InChI=1S/C12H13N3O2/c16-9-5-8(6-9)14-12(17)10-7-13-15-4-2-1-3-11(10)15/h1-4,7-9,16H,5-6H2,(H,14,17). The number of pyridine rings is 1. The van der Waals surface area contributed by atoms with Crippen molar-refractivity contribution in [2.75, 3.05) is 0 Å². The Morgan fingerprint density at radius 1 is 1.47 bits per heavy atom. The molecule has 0 aromatic carbocycles. The first-order valence-corrected chi connectivity index (χ1v) is 5.65. The number of hydrogen-bond donors (Lipinski definition) is 2. The topological polar surface area (TPSA) is 66.6 Å². The van der Waals surface area contributed by atoms with E-state index in [9.17, 15) is 4.79 Å². The zero-order chi connectivity index (χ0) is 11.8. The number of nitrogens with zero attached hydrogens (tertiary/aromatic N) is 2. The highest BCUT2D eigenvalue weighted by atomic mass is 16.3. The summed E-state index contributed by atoms with van der Waals surface area (Å²) in [7, 11) is 0. The first kappa shape index (κ1) is 10.3. The lowest BCUT2D eigenvalue weighted by atomic mass is 9.89. The van der Waals surface area contributed by atoms with Crippen LogP contribution in [0.4, 0.5) is 0 Å². The Balaban J connectivity index is 1.81. The Morgan fingerprint density at radius 3 is 3.06 bits per heavy atom. The summed E-state index contributed by atoms with van der Waals surface area (Å²) in [5.74, 6) is -0.122. The third kappa shape index (κ3) is 1.78. The molecule has 5 nitrogen and oxygen atoms in total. The molecule has 2 N–H and O–H groups in total. The highest BCUT2D eigenvalue weighted by Gasteiger charge is 2.29. The van der Waals surface area contributed by atoms with Crippen LogP contribution in [0.2, 0.25) is 0 Å². The average molecular weight is 231 g/mol. The predicted octanol–water partition coefficient (Wildman–Crippen LogP) is 0.587. The summed E-state index contributed by atoms with van der Waals surface area (Å²) in [6.45, 7) is 0. The molecular formula is C12H13N3O2. The summed E-state index contributed by atoms with van der Waals surface area (Å²) < 4.78 is 1.67. The molecule has 0 radical (unpaired) electrons. The highest BCUT2D eigenvalue weighted by Crippen LogP contribution is 2.20. The molecule has 1 aliphatic carbocycles. The van der Waals surface area contributed by atoms with Crippen molar-refractivity contribution in [3.05, 3.63) is 36.2 Å². The molecule has 0 spiro atoms. The number of rotatable bonds is 2. The van der Waals surface area contributed by atoms with E-state index in [-0.39, 0.29) is 18.1 Å². The highest BCUT2D eigenvalue weighted by molar-refractivity contribution is 6.00. The van der Waals surface area contributed by atoms with Gasteiger partial charge in [-0.2, -0.15) is 5.10 Å². The molecule has 1 amide bonds. The maximum Gasteiger partial charge on any atom is 0.255 e. The van der Waals surface area contributed by atoms with Crippen molar-refractivity contribution in [1.29, 1.82) is 0 Å².